The first-order valence-corrected chi connectivity index (χ1v) is 10.4. The van der Waals surface area contributed by atoms with E-state index in [1.54, 1.807) is 18.2 Å². The van der Waals surface area contributed by atoms with Crippen molar-refractivity contribution in [2.75, 3.05) is 26.0 Å². The number of anilines is 1. The number of aromatic amines is 1. The summed E-state index contributed by atoms with van der Waals surface area (Å²) in [5.74, 6) is 0.610. The molecule has 1 atom stereocenters. The number of H-pyrrole nitrogens is 1. The Morgan fingerprint density at radius 3 is 2.40 bits per heavy atom. The van der Waals surface area contributed by atoms with Crippen LogP contribution in [0.5, 0.6) is 0 Å². The quantitative estimate of drug-likeness (QED) is 0.505. The van der Waals surface area contributed by atoms with Crippen LogP contribution in [0.2, 0.25) is 10.0 Å². The highest BCUT2D eigenvalue weighted by Gasteiger charge is 2.23. The number of amides is 1. The van der Waals surface area contributed by atoms with E-state index in [2.05, 4.69) is 38.0 Å². The highest BCUT2D eigenvalue weighted by atomic mass is 35.5. The van der Waals surface area contributed by atoms with Crippen LogP contribution in [0.1, 0.15) is 34.2 Å². The summed E-state index contributed by atoms with van der Waals surface area (Å²) in [5.41, 5.74) is 7.11. The number of hydrogen-bond acceptors (Lipinski definition) is 4. The number of nitrogens with zero attached hydrogens (tertiary/aromatic N) is 2. The van der Waals surface area contributed by atoms with Crippen molar-refractivity contribution < 1.29 is 9.53 Å². The summed E-state index contributed by atoms with van der Waals surface area (Å²) in [5, 5.41) is 3.47. The summed E-state index contributed by atoms with van der Waals surface area (Å²) < 4.78 is 5.73. The molecule has 0 bridgehead atoms. The van der Waals surface area contributed by atoms with E-state index >= 15 is 0 Å². The number of carbonyl (C=O) groups is 1. The van der Waals surface area contributed by atoms with Gasteiger partial charge in [-0.05, 0) is 82.2 Å². The Bertz CT molecular complexity index is 1060. The van der Waals surface area contributed by atoms with Crippen LogP contribution in [0, 0.1) is 27.7 Å². The molecule has 1 heterocycles. The molecule has 0 fully saturated rings. The molecule has 1 amide bonds. The topological polar surface area (TPSA) is 70.2 Å². The number of likely N-dealkylation sites (N-methyl/N-ethyl adjacent to an activating group) is 1. The van der Waals surface area contributed by atoms with Crippen LogP contribution in [0.25, 0.3) is 11.0 Å². The van der Waals surface area contributed by atoms with Crippen LogP contribution in [-0.4, -0.2) is 41.6 Å². The number of fused-ring (bicyclic) bond motifs is 1. The van der Waals surface area contributed by atoms with Crippen LogP contribution in [-0.2, 0) is 4.74 Å². The van der Waals surface area contributed by atoms with E-state index in [4.69, 9.17) is 32.9 Å². The van der Waals surface area contributed by atoms with Gasteiger partial charge in [-0.25, -0.2) is 9.78 Å². The number of imidazole rings is 1. The van der Waals surface area contributed by atoms with Crippen molar-refractivity contribution in [3.63, 3.8) is 0 Å². The number of aryl methyl sites for hydroxylation is 2. The predicted molar refractivity (Wildman–Crippen MR) is 123 cm³/mol. The number of carbonyl (C=O) groups excluding carboxylic acids is 1. The fourth-order valence-electron chi connectivity index (χ4n) is 3.38. The van der Waals surface area contributed by atoms with Crippen molar-refractivity contribution in [1.29, 1.82) is 0 Å². The zero-order valence-corrected chi connectivity index (χ0v) is 19.5. The second-order valence-corrected chi connectivity index (χ2v) is 8.57. The Morgan fingerprint density at radius 1 is 1.10 bits per heavy atom. The fourth-order valence-corrected chi connectivity index (χ4v) is 3.67. The molecule has 0 aliphatic rings. The van der Waals surface area contributed by atoms with Gasteiger partial charge in [-0.15, -0.1) is 0 Å². The van der Waals surface area contributed by atoms with Gasteiger partial charge in [0.1, 0.15) is 5.82 Å². The molecule has 0 aliphatic carbocycles. The average molecular weight is 449 g/mol. The Balaban J connectivity index is 1.90. The van der Waals surface area contributed by atoms with Gasteiger partial charge in [-0.2, -0.15) is 0 Å². The van der Waals surface area contributed by atoms with Crippen LogP contribution in [0.4, 0.5) is 10.5 Å². The maximum Gasteiger partial charge on any atom is 0.412 e. The first kappa shape index (κ1) is 22.4. The van der Waals surface area contributed by atoms with Crippen molar-refractivity contribution in [3.8, 4) is 0 Å². The Hall–Kier alpha value is -2.28. The third-order valence-electron chi connectivity index (χ3n) is 5.39. The Labute approximate surface area is 186 Å². The second-order valence-electron chi connectivity index (χ2n) is 7.76. The van der Waals surface area contributed by atoms with E-state index in [1.165, 1.54) is 11.1 Å². The summed E-state index contributed by atoms with van der Waals surface area (Å²) in [4.78, 5) is 22.7. The van der Waals surface area contributed by atoms with Crippen LogP contribution in [0.3, 0.4) is 0 Å². The summed E-state index contributed by atoms with van der Waals surface area (Å²) in [7, 11) is 3.83. The standard InChI is InChI=1S/C22H26Cl2N4O2/c1-11-12(2)14(4)20-19(13(11)3)26-21(27-20)18(10-28(5)6)30-22(29)25-15-7-8-16(23)17(24)9-15/h7-9,18H,10H2,1-6H3,(H,25,29)(H,26,27). The highest BCUT2D eigenvalue weighted by molar-refractivity contribution is 6.42. The third-order valence-corrected chi connectivity index (χ3v) is 6.13. The second kappa shape index (κ2) is 8.84. The zero-order valence-electron chi connectivity index (χ0n) is 18.0. The largest absolute Gasteiger partial charge is 0.436 e. The van der Waals surface area contributed by atoms with Crippen molar-refractivity contribution in [2.24, 2.45) is 0 Å². The molecule has 0 spiro atoms. The molecule has 160 valence electrons. The monoisotopic (exact) mass is 448 g/mol. The molecule has 0 radical (unpaired) electrons. The van der Waals surface area contributed by atoms with Gasteiger partial charge in [0.05, 0.1) is 21.1 Å². The van der Waals surface area contributed by atoms with Crippen molar-refractivity contribution in [2.45, 2.75) is 33.8 Å². The predicted octanol–water partition coefficient (Wildman–Crippen LogP) is 5.95. The molecule has 0 saturated carbocycles. The molecule has 3 rings (SSSR count). The van der Waals surface area contributed by atoms with Gasteiger partial charge in [-0.3, -0.25) is 5.32 Å². The van der Waals surface area contributed by atoms with E-state index in [9.17, 15) is 4.79 Å². The first-order valence-electron chi connectivity index (χ1n) is 9.61. The maximum absolute atomic E-state index is 12.6. The minimum Gasteiger partial charge on any atom is -0.436 e. The lowest BCUT2D eigenvalue weighted by Gasteiger charge is -2.20. The molecule has 1 unspecified atom stereocenters. The molecule has 2 aromatic carbocycles. The highest BCUT2D eigenvalue weighted by Crippen LogP contribution is 2.30. The lowest BCUT2D eigenvalue weighted by atomic mass is 9.98. The number of aromatic nitrogens is 2. The molecule has 0 aliphatic heterocycles. The van der Waals surface area contributed by atoms with E-state index < -0.39 is 12.2 Å². The van der Waals surface area contributed by atoms with Gasteiger partial charge in [0, 0.05) is 12.2 Å². The van der Waals surface area contributed by atoms with E-state index in [1.807, 2.05) is 19.0 Å². The van der Waals surface area contributed by atoms with E-state index in [-0.39, 0.29) is 0 Å². The van der Waals surface area contributed by atoms with Gasteiger partial charge in [0.2, 0.25) is 0 Å². The van der Waals surface area contributed by atoms with Gasteiger partial charge >= 0.3 is 6.09 Å². The number of benzene rings is 2. The lowest BCUT2D eigenvalue weighted by Crippen LogP contribution is -2.27. The lowest BCUT2D eigenvalue weighted by molar-refractivity contribution is 0.0875. The Morgan fingerprint density at radius 2 is 1.77 bits per heavy atom. The molecule has 30 heavy (non-hydrogen) atoms. The smallest absolute Gasteiger partial charge is 0.412 e. The third kappa shape index (κ3) is 4.56. The summed E-state index contributed by atoms with van der Waals surface area (Å²) in [6, 6.07) is 4.85. The van der Waals surface area contributed by atoms with Gasteiger partial charge in [-0.1, -0.05) is 23.2 Å². The average Bonchev–Trinajstić information content (AvgIpc) is 3.12. The van der Waals surface area contributed by atoms with Gasteiger partial charge in [0.25, 0.3) is 0 Å². The van der Waals surface area contributed by atoms with Crippen molar-refractivity contribution in [1.82, 2.24) is 14.9 Å². The first-order chi connectivity index (χ1) is 14.1. The number of hydrogen-bond donors (Lipinski definition) is 2. The molecule has 3 aromatic rings. The Kier molecular flexibility index (Phi) is 6.60. The molecular formula is C22H26Cl2N4O2. The zero-order chi connectivity index (χ0) is 22.2. The van der Waals surface area contributed by atoms with Crippen LogP contribution >= 0.6 is 23.2 Å². The molecule has 8 heteroatoms. The molecule has 0 saturated heterocycles. The van der Waals surface area contributed by atoms with Crippen LogP contribution < -0.4 is 5.32 Å². The van der Waals surface area contributed by atoms with Crippen molar-refractivity contribution in [3.05, 3.63) is 56.3 Å². The minimum atomic E-state index is -0.596. The number of halogens is 2. The van der Waals surface area contributed by atoms with Gasteiger partial charge in [0.15, 0.2) is 6.10 Å². The van der Waals surface area contributed by atoms with E-state index in [0.29, 0.717) is 28.1 Å². The normalized spacial score (nSPS) is 12.4. The number of nitrogens with one attached hydrogen (secondary N) is 2. The molecule has 6 nitrogen and oxygen atoms in total. The SMILES string of the molecule is Cc1c(C)c(C)c2[nH]c(C(CN(C)C)OC(=O)Nc3ccc(Cl)c(Cl)c3)nc2c1C. The van der Waals surface area contributed by atoms with Crippen LogP contribution in [0.15, 0.2) is 18.2 Å². The minimum absolute atomic E-state index is 0.355. The fraction of sp³-hybridized carbons (Fsp3) is 0.364. The number of ether oxygens (including phenoxy) is 1. The maximum atomic E-state index is 12.6. The van der Waals surface area contributed by atoms with Crippen molar-refractivity contribution >= 4 is 46.0 Å². The van der Waals surface area contributed by atoms with Gasteiger partial charge < -0.3 is 14.6 Å². The summed E-state index contributed by atoms with van der Waals surface area (Å²) in [6.07, 6.45) is -1.17. The molecule has 2 N–H and O–H groups in total. The number of rotatable bonds is 5. The molecule has 1 aromatic heterocycles. The summed E-state index contributed by atoms with van der Waals surface area (Å²) in [6.45, 7) is 8.82. The summed E-state index contributed by atoms with van der Waals surface area (Å²) >= 11 is 12.0. The van der Waals surface area contributed by atoms with E-state index in [0.717, 1.165) is 22.2 Å². The molecular weight excluding hydrogens is 423 g/mol.